The van der Waals surface area contributed by atoms with E-state index >= 15 is 0 Å². The molecule has 0 heterocycles. The second kappa shape index (κ2) is 7.99. The molecule has 0 aliphatic heterocycles. The number of rotatable bonds is 4. The van der Waals surface area contributed by atoms with Crippen LogP contribution in [0.3, 0.4) is 0 Å². The van der Waals surface area contributed by atoms with Crippen LogP contribution in [-0.4, -0.2) is 11.8 Å². The van der Waals surface area contributed by atoms with Crippen LogP contribution in [0.2, 0.25) is 10.0 Å². The molecule has 0 atom stereocenters. The van der Waals surface area contributed by atoms with Gasteiger partial charge in [0, 0.05) is 22.0 Å². The van der Waals surface area contributed by atoms with Gasteiger partial charge in [-0.15, -0.1) is 0 Å². The van der Waals surface area contributed by atoms with Gasteiger partial charge in [-0.05, 0) is 54.8 Å². The second-order valence-corrected chi connectivity index (χ2v) is 5.94. The lowest BCUT2D eigenvalue weighted by atomic mass is 10.1. The normalized spacial score (nSPS) is 10.2. The van der Waals surface area contributed by atoms with Crippen molar-refractivity contribution in [2.75, 3.05) is 0 Å². The molecular weight excluding hydrogens is 335 g/mol. The van der Waals surface area contributed by atoms with Crippen LogP contribution in [0.4, 0.5) is 0 Å². The Balaban J connectivity index is 1.79. The molecule has 2 rings (SSSR count). The first-order valence-electron chi connectivity index (χ1n) is 7.05. The molecule has 0 saturated heterocycles. The number of hydrazine groups is 1. The molecule has 2 N–H and O–H groups in total. The van der Waals surface area contributed by atoms with Crippen molar-refractivity contribution in [3.63, 3.8) is 0 Å². The Morgan fingerprint density at radius 3 is 2.35 bits per heavy atom. The van der Waals surface area contributed by atoms with Gasteiger partial charge >= 0.3 is 0 Å². The SMILES string of the molecule is Cc1ccc(CCC(=O)NNC(=O)c2ccc(Cl)cc2)cc1Cl. The highest BCUT2D eigenvalue weighted by molar-refractivity contribution is 6.31. The Morgan fingerprint density at radius 2 is 1.70 bits per heavy atom. The molecule has 6 heteroatoms. The number of hydrogen-bond acceptors (Lipinski definition) is 2. The van der Waals surface area contributed by atoms with Gasteiger partial charge in [0.05, 0.1) is 0 Å². The van der Waals surface area contributed by atoms with Crippen LogP contribution < -0.4 is 10.9 Å². The maximum absolute atomic E-state index is 11.8. The topological polar surface area (TPSA) is 58.2 Å². The Labute approximate surface area is 144 Å². The van der Waals surface area contributed by atoms with Crippen molar-refractivity contribution < 1.29 is 9.59 Å². The van der Waals surface area contributed by atoms with E-state index in [1.807, 2.05) is 25.1 Å². The van der Waals surface area contributed by atoms with E-state index in [2.05, 4.69) is 10.9 Å². The van der Waals surface area contributed by atoms with Gasteiger partial charge in [0.1, 0.15) is 0 Å². The number of carbonyl (C=O) groups is 2. The van der Waals surface area contributed by atoms with Crippen molar-refractivity contribution in [3.05, 3.63) is 69.2 Å². The summed E-state index contributed by atoms with van der Waals surface area (Å²) in [7, 11) is 0. The molecule has 0 fully saturated rings. The smallest absolute Gasteiger partial charge is 0.269 e. The monoisotopic (exact) mass is 350 g/mol. The summed E-state index contributed by atoms with van der Waals surface area (Å²) < 4.78 is 0. The highest BCUT2D eigenvalue weighted by atomic mass is 35.5. The third-order valence-corrected chi connectivity index (χ3v) is 3.96. The Bertz CT molecular complexity index is 715. The van der Waals surface area contributed by atoms with Crippen molar-refractivity contribution in [3.8, 4) is 0 Å². The molecule has 4 nitrogen and oxygen atoms in total. The molecule has 0 spiro atoms. The standard InChI is InChI=1S/C17H16Cl2N2O2/c1-11-2-3-12(10-15(11)19)4-9-16(22)20-21-17(23)13-5-7-14(18)8-6-13/h2-3,5-8,10H,4,9H2,1H3,(H,20,22)(H,21,23). The summed E-state index contributed by atoms with van der Waals surface area (Å²) in [5.41, 5.74) is 7.14. The minimum absolute atomic E-state index is 0.250. The van der Waals surface area contributed by atoms with Gasteiger partial charge in [0.25, 0.3) is 5.91 Å². The third kappa shape index (κ3) is 5.27. The first-order valence-corrected chi connectivity index (χ1v) is 7.81. The number of nitrogens with one attached hydrogen (secondary N) is 2. The molecule has 120 valence electrons. The van der Waals surface area contributed by atoms with Gasteiger partial charge in [-0.2, -0.15) is 0 Å². The number of hydrogen-bond donors (Lipinski definition) is 2. The van der Waals surface area contributed by atoms with E-state index < -0.39 is 5.91 Å². The number of aryl methyl sites for hydroxylation is 2. The summed E-state index contributed by atoms with van der Waals surface area (Å²) in [5.74, 6) is -0.669. The van der Waals surface area contributed by atoms with E-state index in [1.54, 1.807) is 24.3 Å². The van der Waals surface area contributed by atoms with Crippen molar-refractivity contribution in [1.29, 1.82) is 0 Å². The van der Waals surface area contributed by atoms with Crippen LogP contribution in [0, 0.1) is 6.92 Å². The Kier molecular flexibility index (Phi) is 6.02. The fraction of sp³-hybridized carbons (Fsp3) is 0.176. The summed E-state index contributed by atoms with van der Waals surface area (Å²) in [6, 6.07) is 12.1. The lowest BCUT2D eigenvalue weighted by Crippen LogP contribution is -2.41. The number of benzene rings is 2. The first-order chi connectivity index (χ1) is 11.0. The number of carbonyl (C=O) groups excluding carboxylic acids is 2. The van der Waals surface area contributed by atoms with E-state index in [9.17, 15) is 9.59 Å². The molecular formula is C17H16Cl2N2O2. The zero-order valence-electron chi connectivity index (χ0n) is 12.5. The average Bonchev–Trinajstić information content (AvgIpc) is 2.54. The van der Waals surface area contributed by atoms with E-state index in [0.29, 0.717) is 22.0 Å². The third-order valence-electron chi connectivity index (χ3n) is 3.30. The summed E-state index contributed by atoms with van der Waals surface area (Å²) in [6.07, 6.45) is 0.795. The minimum Gasteiger partial charge on any atom is -0.273 e. The fourth-order valence-electron chi connectivity index (χ4n) is 1.91. The maximum Gasteiger partial charge on any atom is 0.269 e. The quantitative estimate of drug-likeness (QED) is 0.826. The van der Waals surface area contributed by atoms with Gasteiger partial charge in [0.15, 0.2) is 0 Å². The van der Waals surface area contributed by atoms with E-state index in [-0.39, 0.29) is 12.3 Å². The zero-order chi connectivity index (χ0) is 16.8. The van der Waals surface area contributed by atoms with E-state index in [4.69, 9.17) is 23.2 Å². The average molecular weight is 351 g/mol. The molecule has 0 aromatic heterocycles. The molecule has 23 heavy (non-hydrogen) atoms. The summed E-state index contributed by atoms with van der Waals surface area (Å²) in [5, 5.41) is 1.22. The van der Waals surface area contributed by atoms with Crippen LogP contribution in [-0.2, 0) is 11.2 Å². The van der Waals surface area contributed by atoms with E-state index in [1.165, 1.54) is 0 Å². The predicted molar refractivity (Wildman–Crippen MR) is 91.6 cm³/mol. The minimum atomic E-state index is -0.395. The molecule has 0 unspecified atom stereocenters. The second-order valence-electron chi connectivity index (χ2n) is 5.09. The van der Waals surface area contributed by atoms with Crippen molar-refractivity contribution in [2.24, 2.45) is 0 Å². The van der Waals surface area contributed by atoms with Gasteiger partial charge in [-0.1, -0.05) is 35.3 Å². The summed E-state index contributed by atoms with van der Waals surface area (Å²) in [6.45, 7) is 1.92. The lowest BCUT2D eigenvalue weighted by Gasteiger charge is -2.08. The van der Waals surface area contributed by atoms with Crippen molar-refractivity contribution >= 4 is 35.0 Å². The van der Waals surface area contributed by atoms with Crippen LogP contribution in [0.5, 0.6) is 0 Å². The van der Waals surface area contributed by atoms with Gasteiger partial charge in [-0.25, -0.2) is 0 Å². The number of halogens is 2. The summed E-state index contributed by atoms with van der Waals surface area (Å²) in [4.78, 5) is 23.6. The molecule has 2 amide bonds. The van der Waals surface area contributed by atoms with Gasteiger partial charge in [0.2, 0.25) is 5.91 Å². The predicted octanol–water partition coefficient (Wildman–Crippen LogP) is 3.70. The molecule has 0 saturated carbocycles. The Morgan fingerprint density at radius 1 is 1.00 bits per heavy atom. The zero-order valence-corrected chi connectivity index (χ0v) is 14.0. The molecule has 0 bridgehead atoms. The molecule has 0 radical (unpaired) electrons. The fourth-order valence-corrected chi connectivity index (χ4v) is 2.24. The maximum atomic E-state index is 11.8. The summed E-state index contributed by atoms with van der Waals surface area (Å²) >= 11 is 11.8. The van der Waals surface area contributed by atoms with Crippen LogP contribution in [0.15, 0.2) is 42.5 Å². The molecule has 2 aromatic rings. The highest BCUT2D eigenvalue weighted by Gasteiger charge is 2.08. The lowest BCUT2D eigenvalue weighted by molar-refractivity contribution is -0.121. The molecule has 0 aliphatic rings. The molecule has 2 aromatic carbocycles. The van der Waals surface area contributed by atoms with Gasteiger partial charge < -0.3 is 0 Å². The molecule has 0 aliphatic carbocycles. The Hall–Kier alpha value is -2.04. The first kappa shape index (κ1) is 17.3. The van der Waals surface area contributed by atoms with Crippen LogP contribution in [0.25, 0.3) is 0 Å². The van der Waals surface area contributed by atoms with Crippen molar-refractivity contribution in [2.45, 2.75) is 19.8 Å². The van der Waals surface area contributed by atoms with E-state index in [0.717, 1.165) is 11.1 Å². The van der Waals surface area contributed by atoms with Crippen LogP contribution in [0.1, 0.15) is 27.9 Å². The highest BCUT2D eigenvalue weighted by Crippen LogP contribution is 2.17. The largest absolute Gasteiger partial charge is 0.273 e. The number of amides is 2. The van der Waals surface area contributed by atoms with Gasteiger partial charge in [-0.3, -0.25) is 20.4 Å². The van der Waals surface area contributed by atoms with Crippen LogP contribution >= 0.6 is 23.2 Å². The van der Waals surface area contributed by atoms with Crippen molar-refractivity contribution in [1.82, 2.24) is 10.9 Å².